The van der Waals surface area contributed by atoms with Gasteiger partial charge in [-0.15, -0.1) is 0 Å². The summed E-state index contributed by atoms with van der Waals surface area (Å²) in [5, 5.41) is 0.298. The Kier molecular flexibility index (Phi) is 8.51. The van der Waals surface area contributed by atoms with Crippen LogP contribution in [-0.4, -0.2) is 17.4 Å². The van der Waals surface area contributed by atoms with Crippen LogP contribution in [-0.2, 0) is 9.53 Å². The molecule has 0 unspecified atom stereocenters. The molecule has 2 nitrogen and oxygen atoms in total. The van der Waals surface area contributed by atoms with Crippen LogP contribution in [0.5, 0.6) is 0 Å². The van der Waals surface area contributed by atoms with Gasteiger partial charge in [0.2, 0.25) is 0 Å². The Morgan fingerprint density at radius 2 is 2.08 bits per heavy atom. The molecule has 0 rings (SSSR count). The fourth-order valence-corrected chi connectivity index (χ4v) is 1.31. The number of carbonyl (C=O) groups is 1. The number of unbranched alkanes of at least 4 members (excludes halogenated alkanes) is 3. The molecule has 0 heterocycles. The van der Waals surface area contributed by atoms with Crippen LogP contribution in [0.2, 0.25) is 0 Å². The Labute approximate surface area is 89.2 Å². The maximum atomic E-state index is 10.8. The van der Waals surface area contributed by atoms with E-state index in [2.05, 4.69) is 22.9 Å². The summed E-state index contributed by atoms with van der Waals surface area (Å²) in [4.78, 5) is 10.8. The van der Waals surface area contributed by atoms with Crippen molar-refractivity contribution in [3.63, 3.8) is 0 Å². The molecule has 13 heavy (non-hydrogen) atoms. The lowest BCUT2D eigenvalue weighted by Crippen LogP contribution is -2.15. The van der Waals surface area contributed by atoms with Crippen molar-refractivity contribution in [3.8, 4) is 0 Å². The lowest BCUT2D eigenvalue weighted by molar-refractivity contribution is -0.145. The van der Waals surface area contributed by atoms with Crippen molar-refractivity contribution in [1.29, 1.82) is 0 Å². The van der Waals surface area contributed by atoms with Gasteiger partial charge in [-0.2, -0.15) is 0 Å². The molecule has 78 valence electrons. The topological polar surface area (TPSA) is 26.3 Å². The molecule has 0 aromatic carbocycles. The highest BCUT2D eigenvalue weighted by Crippen LogP contribution is 2.08. The van der Waals surface area contributed by atoms with Gasteiger partial charge in [-0.05, 0) is 19.8 Å². The molecule has 0 aliphatic heterocycles. The predicted molar refractivity (Wildman–Crippen MR) is 58.1 cm³/mol. The minimum atomic E-state index is -0.164. The van der Waals surface area contributed by atoms with Crippen molar-refractivity contribution in [2.75, 3.05) is 5.33 Å². The summed E-state index contributed by atoms with van der Waals surface area (Å²) in [6.45, 7) is 4.14. The monoisotopic (exact) mass is 250 g/mol. The first-order chi connectivity index (χ1) is 6.20. The first-order valence-corrected chi connectivity index (χ1v) is 6.08. The number of carbonyl (C=O) groups excluding carboxylic acids is 1. The van der Waals surface area contributed by atoms with E-state index in [-0.39, 0.29) is 12.1 Å². The molecule has 1 atom stereocenters. The largest absolute Gasteiger partial charge is 0.462 e. The highest BCUT2D eigenvalue weighted by molar-refractivity contribution is 9.09. The van der Waals surface area contributed by atoms with E-state index in [1.165, 1.54) is 19.3 Å². The van der Waals surface area contributed by atoms with E-state index in [4.69, 9.17) is 4.74 Å². The van der Waals surface area contributed by atoms with E-state index in [1.54, 1.807) is 0 Å². The van der Waals surface area contributed by atoms with Crippen LogP contribution in [0.1, 0.15) is 46.0 Å². The van der Waals surface area contributed by atoms with Gasteiger partial charge >= 0.3 is 5.97 Å². The van der Waals surface area contributed by atoms with Crippen LogP contribution in [0, 0.1) is 0 Å². The molecule has 0 amide bonds. The number of alkyl halides is 1. The summed E-state index contributed by atoms with van der Waals surface area (Å²) >= 11 is 3.06. The van der Waals surface area contributed by atoms with E-state index < -0.39 is 0 Å². The van der Waals surface area contributed by atoms with Gasteiger partial charge < -0.3 is 4.74 Å². The van der Waals surface area contributed by atoms with Crippen LogP contribution in [0.4, 0.5) is 0 Å². The van der Waals surface area contributed by atoms with Gasteiger partial charge in [0.25, 0.3) is 0 Å². The SMILES string of the molecule is CCCCCC[C@H](C)OC(=O)CBr. The van der Waals surface area contributed by atoms with Gasteiger partial charge in [0, 0.05) is 0 Å². The molecular formula is C10H19BrO2. The third-order valence-corrected chi connectivity index (χ3v) is 2.36. The van der Waals surface area contributed by atoms with Gasteiger partial charge in [0.05, 0.1) is 6.10 Å². The summed E-state index contributed by atoms with van der Waals surface area (Å²) in [5.74, 6) is -0.164. The minimum Gasteiger partial charge on any atom is -0.462 e. The van der Waals surface area contributed by atoms with Crippen LogP contribution < -0.4 is 0 Å². The standard InChI is InChI=1S/C10H19BrO2/c1-3-4-5-6-7-9(2)13-10(12)8-11/h9H,3-8H2,1-2H3/t9-/m0/s1. The average Bonchev–Trinajstić information content (AvgIpc) is 2.12. The molecule has 0 N–H and O–H groups in total. The maximum Gasteiger partial charge on any atom is 0.316 e. The van der Waals surface area contributed by atoms with Crippen LogP contribution in [0.15, 0.2) is 0 Å². The molecule has 0 aliphatic carbocycles. The van der Waals surface area contributed by atoms with E-state index >= 15 is 0 Å². The number of hydrogen-bond donors (Lipinski definition) is 0. The van der Waals surface area contributed by atoms with Crippen molar-refractivity contribution in [2.24, 2.45) is 0 Å². The molecule has 3 heteroatoms. The van der Waals surface area contributed by atoms with E-state index in [0.717, 1.165) is 12.8 Å². The smallest absolute Gasteiger partial charge is 0.316 e. The highest BCUT2D eigenvalue weighted by atomic mass is 79.9. The molecule has 0 aromatic heterocycles. The molecule has 0 saturated carbocycles. The van der Waals surface area contributed by atoms with Gasteiger partial charge in [0.15, 0.2) is 0 Å². The molecule has 0 bridgehead atoms. The van der Waals surface area contributed by atoms with E-state index in [0.29, 0.717) is 5.33 Å². The number of ether oxygens (including phenoxy) is 1. The third-order valence-electron chi connectivity index (χ3n) is 1.91. The second kappa shape index (κ2) is 8.54. The number of rotatable bonds is 7. The Morgan fingerprint density at radius 1 is 1.38 bits per heavy atom. The zero-order chi connectivity index (χ0) is 10.1. The second-order valence-corrected chi connectivity index (χ2v) is 3.84. The van der Waals surface area contributed by atoms with Crippen molar-refractivity contribution >= 4 is 21.9 Å². The first kappa shape index (κ1) is 12.9. The highest BCUT2D eigenvalue weighted by Gasteiger charge is 2.06. The van der Waals surface area contributed by atoms with Crippen molar-refractivity contribution in [3.05, 3.63) is 0 Å². The average molecular weight is 251 g/mol. The molecule has 0 radical (unpaired) electrons. The van der Waals surface area contributed by atoms with Gasteiger partial charge in [-0.3, -0.25) is 4.79 Å². The summed E-state index contributed by atoms with van der Waals surface area (Å²) in [5.41, 5.74) is 0. The summed E-state index contributed by atoms with van der Waals surface area (Å²) in [7, 11) is 0. The molecule has 0 fully saturated rings. The van der Waals surface area contributed by atoms with Crippen molar-refractivity contribution in [2.45, 2.75) is 52.1 Å². The summed E-state index contributed by atoms with van der Waals surface area (Å²) < 4.78 is 5.09. The second-order valence-electron chi connectivity index (χ2n) is 3.28. The van der Waals surface area contributed by atoms with E-state index in [9.17, 15) is 4.79 Å². The van der Waals surface area contributed by atoms with Gasteiger partial charge in [-0.25, -0.2) is 0 Å². The fraction of sp³-hybridized carbons (Fsp3) is 0.900. The lowest BCUT2D eigenvalue weighted by atomic mass is 10.1. The lowest BCUT2D eigenvalue weighted by Gasteiger charge is -2.11. The summed E-state index contributed by atoms with van der Waals surface area (Å²) in [6, 6.07) is 0. The Bertz CT molecular complexity index is 137. The van der Waals surface area contributed by atoms with Crippen LogP contribution >= 0.6 is 15.9 Å². The normalized spacial score (nSPS) is 12.5. The number of hydrogen-bond acceptors (Lipinski definition) is 2. The molecule has 0 saturated heterocycles. The van der Waals surface area contributed by atoms with Gasteiger partial charge in [-0.1, -0.05) is 42.1 Å². The molecule has 0 aliphatic rings. The third kappa shape index (κ3) is 8.28. The molecular weight excluding hydrogens is 232 g/mol. The molecule has 0 spiro atoms. The fourth-order valence-electron chi connectivity index (χ4n) is 1.17. The molecule has 0 aromatic rings. The number of halogens is 1. The van der Waals surface area contributed by atoms with Gasteiger partial charge in [0.1, 0.15) is 5.33 Å². The van der Waals surface area contributed by atoms with E-state index in [1.807, 2.05) is 6.92 Å². The quantitative estimate of drug-likeness (QED) is 0.394. The maximum absolute atomic E-state index is 10.8. The Hall–Kier alpha value is -0.0500. The minimum absolute atomic E-state index is 0.0712. The zero-order valence-corrected chi connectivity index (χ0v) is 10.1. The summed E-state index contributed by atoms with van der Waals surface area (Å²) in [6.07, 6.45) is 5.98. The van der Waals surface area contributed by atoms with Crippen molar-refractivity contribution in [1.82, 2.24) is 0 Å². The first-order valence-electron chi connectivity index (χ1n) is 4.96. The number of esters is 1. The van der Waals surface area contributed by atoms with Crippen LogP contribution in [0.25, 0.3) is 0 Å². The predicted octanol–water partition coefficient (Wildman–Crippen LogP) is 3.28. The zero-order valence-electron chi connectivity index (χ0n) is 8.51. The Balaban J connectivity index is 3.29. The van der Waals surface area contributed by atoms with Crippen LogP contribution in [0.3, 0.4) is 0 Å². The van der Waals surface area contributed by atoms with Crippen molar-refractivity contribution < 1.29 is 9.53 Å². The Morgan fingerprint density at radius 3 is 2.62 bits per heavy atom.